The van der Waals surface area contributed by atoms with E-state index in [4.69, 9.17) is 16.9 Å². The summed E-state index contributed by atoms with van der Waals surface area (Å²) < 4.78 is 1.60. The van der Waals surface area contributed by atoms with Gasteiger partial charge in [0.15, 0.2) is 0 Å². The minimum atomic E-state index is -0.131. The Hall–Kier alpha value is -2.59. The summed E-state index contributed by atoms with van der Waals surface area (Å²) in [5.74, 6) is 0.518. The van der Waals surface area contributed by atoms with E-state index >= 15 is 0 Å². The third-order valence-corrected chi connectivity index (χ3v) is 4.25. The number of rotatable bonds is 3. The molecule has 1 unspecified atom stereocenters. The molecule has 1 atom stereocenters. The van der Waals surface area contributed by atoms with Crippen LogP contribution in [0, 0.1) is 11.3 Å². The molecule has 124 valence electrons. The monoisotopic (exact) mass is 344 g/mol. The maximum absolute atomic E-state index is 12.3. The van der Waals surface area contributed by atoms with Gasteiger partial charge in [-0.25, -0.2) is 4.98 Å². The van der Waals surface area contributed by atoms with E-state index < -0.39 is 0 Å². The van der Waals surface area contributed by atoms with Crippen molar-refractivity contribution in [1.82, 2.24) is 20.1 Å². The zero-order chi connectivity index (χ0) is 17.1. The zero-order valence-electron chi connectivity index (χ0n) is 13.2. The molecule has 2 aromatic rings. The number of hydrogen-bond donors (Lipinski definition) is 1. The number of aromatic nitrogens is 3. The lowest BCUT2D eigenvalue weighted by Gasteiger charge is -2.34. The number of nitrogens with zero attached hydrogens (tertiary/aromatic N) is 5. The Kier molecular flexibility index (Phi) is 4.67. The Morgan fingerprint density at radius 3 is 3.00 bits per heavy atom. The van der Waals surface area contributed by atoms with Gasteiger partial charge in [0.2, 0.25) is 0 Å². The maximum Gasteiger partial charge on any atom is 0.254 e. The van der Waals surface area contributed by atoms with Crippen molar-refractivity contribution in [3.05, 3.63) is 40.8 Å². The van der Waals surface area contributed by atoms with Crippen LogP contribution in [-0.4, -0.2) is 39.8 Å². The number of nitriles is 1. The Labute approximate surface area is 144 Å². The van der Waals surface area contributed by atoms with E-state index in [0.717, 1.165) is 19.4 Å². The van der Waals surface area contributed by atoms with Crippen molar-refractivity contribution < 1.29 is 4.79 Å². The van der Waals surface area contributed by atoms with Gasteiger partial charge < -0.3 is 10.2 Å². The highest BCUT2D eigenvalue weighted by molar-refractivity contribution is 6.33. The molecule has 8 heteroatoms. The molecule has 1 aliphatic heterocycles. The number of hydrogen-bond acceptors (Lipinski definition) is 5. The molecule has 0 aromatic carbocycles. The molecule has 0 aliphatic carbocycles. The Morgan fingerprint density at radius 2 is 2.33 bits per heavy atom. The molecule has 7 nitrogen and oxygen atoms in total. The molecule has 2 aromatic heterocycles. The summed E-state index contributed by atoms with van der Waals surface area (Å²) in [4.78, 5) is 18.6. The van der Waals surface area contributed by atoms with Crippen molar-refractivity contribution >= 4 is 23.3 Å². The van der Waals surface area contributed by atoms with Crippen LogP contribution in [0.2, 0.25) is 5.02 Å². The first kappa shape index (κ1) is 16.3. The van der Waals surface area contributed by atoms with E-state index in [1.165, 1.54) is 6.20 Å². The predicted molar refractivity (Wildman–Crippen MR) is 89.9 cm³/mol. The van der Waals surface area contributed by atoms with Gasteiger partial charge in [-0.2, -0.15) is 10.4 Å². The van der Waals surface area contributed by atoms with E-state index in [-0.39, 0.29) is 11.9 Å². The number of nitrogens with one attached hydrogen (secondary N) is 1. The molecular weight excluding hydrogens is 328 g/mol. The third-order valence-electron chi connectivity index (χ3n) is 3.97. The molecule has 3 rings (SSSR count). The van der Waals surface area contributed by atoms with Gasteiger partial charge in [0.1, 0.15) is 11.9 Å². The van der Waals surface area contributed by atoms with Gasteiger partial charge in [-0.05, 0) is 18.9 Å². The number of carbonyl (C=O) groups is 1. The fraction of sp³-hybridized carbons (Fsp3) is 0.375. The number of pyridine rings is 1. The first-order chi connectivity index (χ1) is 11.6. The summed E-state index contributed by atoms with van der Waals surface area (Å²) in [5, 5.41) is 16.4. The number of halogens is 1. The van der Waals surface area contributed by atoms with Gasteiger partial charge >= 0.3 is 0 Å². The number of piperidine rings is 1. The summed E-state index contributed by atoms with van der Waals surface area (Å²) >= 11 is 6.24. The number of anilines is 1. The van der Waals surface area contributed by atoms with Crippen LogP contribution in [0.3, 0.4) is 0 Å². The molecule has 0 radical (unpaired) electrons. The van der Waals surface area contributed by atoms with Gasteiger partial charge in [0, 0.05) is 38.6 Å². The van der Waals surface area contributed by atoms with Gasteiger partial charge in [-0.1, -0.05) is 11.6 Å². The lowest BCUT2D eigenvalue weighted by molar-refractivity contribution is 0.0933. The Bertz CT molecular complexity index is 796. The van der Waals surface area contributed by atoms with Crippen LogP contribution in [0.5, 0.6) is 0 Å². The smallest absolute Gasteiger partial charge is 0.254 e. The van der Waals surface area contributed by atoms with Crippen LogP contribution in [0.1, 0.15) is 28.8 Å². The van der Waals surface area contributed by atoms with E-state index in [0.29, 0.717) is 28.5 Å². The first-order valence-corrected chi connectivity index (χ1v) is 8.04. The molecule has 1 saturated heterocycles. The van der Waals surface area contributed by atoms with Crippen molar-refractivity contribution in [2.24, 2.45) is 7.05 Å². The average molecular weight is 345 g/mol. The molecule has 1 N–H and O–H groups in total. The van der Waals surface area contributed by atoms with Crippen LogP contribution in [0.4, 0.5) is 5.82 Å². The summed E-state index contributed by atoms with van der Waals surface area (Å²) in [6, 6.07) is 3.65. The molecule has 1 aliphatic rings. The summed E-state index contributed by atoms with van der Waals surface area (Å²) in [5.41, 5.74) is 0.978. The molecule has 0 bridgehead atoms. The van der Waals surface area contributed by atoms with Crippen LogP contribution < -0.4 is 10.2 Å². The van der Waals surface area contributed by atoms with Gasteiger partial charge in [-0.15, -0.1) is 0 Å². The SMILES string of the molecule is Cn1cc(C(=O)NC2CCCN(c3ncc(C#N)cc3Cl)C2)cn1. The van der Waals surface area contributed by atoms with Gasteiger partial charge in [0.25, 0.3) is 5.91 Å². The molecule has 0 saturated carbocycles. The Balaban J connectivity index is 1.68. The van der Waals surface area contributed by atoms with Gasteiger partial charge in [0.05, 0.1) is 22.3 Å². The number of carbonyl (C=O) groups excluding carboxylic acids is 1. The normalized spacial score (nSPS) is 17.4. The van der Waals surface area contributed by atoms with Crippen LogP contribution >= 0.6 is 11.6 Å². The van der Waals surface area contributed by atoms with E-state index in [1.54, 1.807) is 30.2 Å². The molecule has 1 amide bonds. The minimum absolute atomic E-state index is 0.0139. The minimum Gasteiger partial charge on any atom is -0.353 e. The number of aryl methyl sites for hydroxylation is 1. The molecule has 24 heavy (non-hydrogen) atoms. The van der Waals surface area contributed by atoms with E-state index in [1.807, 2.05) is 11.0 Å². The quantitative estimate of drug-likeness (QED) is 0.916. The standard InChI is InChI=1S/C16H17ClN6O/c1-22-9-12(8-20-22)16(24)21-13-3-2-4-23(10-13)15-14(17)5-11(6-18)7-19-15/h5,7-9,13H,2-4,10H2,1H3,(H,21,24). The molecule has 1 fully saturated rings. The van der Waals surface area contributed by atoms with E-state index in [2.05, 4.69) is 15.4 Å². The van der Waals surface area contributed by atoms with Crippen molar-refractivity contribution in [2.75, 3.05) is 18.0 Å². The largest absolute Gasteiger partial charge is 0.353 e. The maximum atomic E-state index is 12.3. The van der Waals surface area contributed by atoms with Crippen LogP contribution in [-0.2, 0) is 7.05 Å². The summed E-state index contributed by atoms with van der Waals surface area (Å²) in [6.07, 6.45) is 6.58. The second kappa shape index (κ2) is 6.89. The third kappa shape index (κ3) is 3.49. The molecule has 3 heterocycles. The van der Waals surface area contributed by atoms with E-state index in [9.17, 15) is 4.79 Å². The predicted octanol–water partition coefficient (Wildman–Crippen LogP) is 1.74. The summed E-state index contributed by atoms with van der Waals surface area (Å²) in [7, 11) is 1.78. The first-order valence-electron chi connectivity index (χ1n) is 7.67. The molecule has 0 spiro atoms. The zero-order valence-corrected chi connectivity index (χ0v) is 14.0. The highest BCUT2D eigenvalue weighted by Crippen LogP contribution is 2.26. The fourth-order valence-corrected chi connectivity index (χ4v) is 3.10. The second-order valence-corrected chi connectivity index (χ2v) is 6.21. The number of amides is 1. The van der Waals surface area contributed by atoms with Crippen LogP contribution in [0.15, 0.2) is 24.7 Å². The fourth-order valence-electron chi connectivity index (χ4n) is 2.82. The topological polar surface area (TPSA) is 86.8 Å². The highest BCUT2D eigenvalue weighted by Gasteiger charge is 2.24. The average Bonchev–Trinajstić information content (AvgIpc) is 3.01. The lowest BCUT2D eigenvalue weighted by atomic mass is 10.1. The molecular formula is C16H17ClN6O. The highest BCUT2D eigenvalue weighted by atomic mass is 35.5. The summed E-state index contributed by atoms with van der Waals surface area (Å²) in [6.45, 7) is 1.45. The van der Waals surface area contributed by atoms with Crippen molar-refractivity contribution in [1.29, 1.82) is 5.26 Å². The van der Waals surface area contributed by atoms with Crippen molar-refractivity contribution in [3.63, 3.8) is 0 Å². The second-order valence-electron chi connectivity index (χ2n) is 5.80. The van der Waals surface area contributed by atoms with Crippen molar-refractivity contribution in [3.8, 4) is 6.07 Å². The van der Waals surface area contributed by atoms with Crippen molar-refractivity contribution in [2.45, 2.75) is 18.9 Å². The van der Waals surface area contributed by atoms with Gasteiger partial charge in [-0.3, -0.25) is 9.48 Å². The lowest BCUT2D eigenvalue weighted by Crippen LogP contribution is -2.48. The van der Waals surface area contributed by atoms with Crippen LogP contribution in [0.25, 0.3) is 0 Å². The Morgan fingerprint density at radius 1 is 1.50 bits per heavy atom.